The molecule has 5 heteroatoms. The molecule has 0 spiro atoms. The molecular weight excluding hydrogens is 228 g/mol. The monoisotopic (exact) mass is 248 g/mol. The van der Waals surface area contributed by atoms with Crippen molar-refractivity contribution in [1.82, 2.24) is 14.9 Å². The minimum absolute atomic E-state index is 0.0404. The van der Waals surface area contributed by atoms with Crippen LogP contribution in [0.1, 0.15) is 19.8 Å². The summed E-state index contributed by atoms with van der Waals surface area (Å²) in [6, 6.07) is 0.537. The molecule has 18 heavy (non-hydrogen) atoms. The lowest BCUT2D eigenvalue weighted by molar-refractivity contribution is 0.340. The van der Waals surface area contributed by atoms with Crippen molar-refractivity contribution in [2.24, 2.45) is 5.92 Å². The number of aryl methyl sites for hydroxylation is 1. The van der Waals surface area contributed by atoms with E-state index in [1.54, 1.807) is 17.0 Å². The summed E-state index contributed by atoms with van der Waals surface area (Å²) in [5, 5.41) is 3.55. The number of anilines is 1. The third-order valence-corrected chi connectivity index (χ3v) is 4.14. The number of hydrogen-bond donors (Lipinski definition) is 1. The molecule has 0 bridgehead atoms. The molecule has 2 aliphatic heterocycles. The van der Waals surface area contributed by atoms with Gasteiger partial charge in [-0.1, -0.05) is 0 Å². The van der Waals surface area contributed by atoms with Crippen molar-refractivity contribution in [2.75, 3.05) is 24.5 Å². The molecule has 0 aliphatic carbocycles. The smallest absolute Gasteiger partial charge is 0.293 e. The number of piperidine rings is 1. The highest BCUT2D eigenvalue weighted by Gasteiger charge is 2.35. The standard InChI is InChI=1S/C13H20N4O/c1-2-16-7-6-15-12(13(16)18)17-8-10-4-3-5-14-11(10)9-17/h6-7,10-11,14H,2-5,8-9H2,1H3/t10-,11+/m0/s1. The number of nitrogens with one attached hydrogen (secondary N) is 1. The molecule has 1 N–H and O–H groups in total. The van der Waals surface area contributed by atoms with Gasteiger partial charge in [-0.05, 0) is 32.2 Å². The van der Waals surface area contributed by atoms with E-state index in [2.05, 4.69) is 15.2 Å². The van der Waals surface area contributed by atoms with E-state index >= 15 is 0 Å². The first-order chi connectivity index (χ1) is 8.79. The second-order valence-corrected chi connectivity index (χ2v) is 5.21. The molecule has 1 aromatic rings. The Bertz CT molecular complexity index is 470. The van der Waals surface area contributed by atoms with Crippen molar-refractivity contribution in [3.63, 3.8) is 0 Å². The molecule has 0 saturated carbocycles. The van der Waals surface area contributed by atoms with Crippen LogP contribution in [0.2, 0.25) is 0 Å². The van der Waals surface area contributed by atoms with Gasteiger partial charge in [-0.25, -0.2) is 4.98 Å². The normalized spacial score (nSPS) is 27.3. The maximum Gasteiger partial charge on any atom is 0.293 e. The van der Waals surface area contributed by atoms with Gasteiger partial charge in [0.2, 0.25) is 0 Å². The molecule has 0 amide bonds. The molecule has 3 rings (SSSR count). The van der Waals surface area contributed by atoms with Crippen molar-refractivity contribution in [3.05, 3.63) is 22.7 Å². The lowest BCUT2D eigenvalue weighted by Crippen LogP contribution is -2.41. The van der Waals surface area contributed by atoms with Crippen LogP contribution in [-0.2, 0) is 6.54 Å². The van der Waals surface area contributed by atoms with Gasteiger partial charge in [0.1, 0.15) is 0 Å². The number of hydrogen-bond acceptors (Lipinski definition) is 4. The highest BCUT2D eigenvalue weighted by Crippen LogP contribution is 2.26. The van der Waals surface area contributed by atoms with Crippen LogP contribution in [0.5, 0.6) is 0 Å². The van der Waals surface area contributed by atoms with E-state index in [-0.39, 0.29) is 5.56 Å². The fourth-order valence-corrected chi connectivity index (χ4v) is 3.12. The van der Waals surface area contributed by atoms with Gasteiger partial charge in [0.15, 0.2) is 5.82 Å². The molecule has 0 radical (unpaired) electrons. The molecule has 1 aromatic heterocycles. The van der Waals surface area contributed by atoms with Crippen LogP contribution in [0.3, 0.4) is 0 Å². The Morgan fingerprint density at radius 2 is 2.39 bits per heavy atom. The molecule has 98 valence electrons. The largest absolute Gasteiger partial charge is 0.350 e. The van der Waals surface area contributed by atoms with Gasteiger partial charge in [0.05, 0.1) is 0 Å². The van der Waals surface area contributed by atoms with Crippen molar-refractivity contribution in [2.45, 2.75) is 32.4 Å². The van der Waals surface area contributed by atoms with Gasteiger partial charge in [0.25, 0.3) is 5.56 Å². The van der Waals surface area contributed by atoms with Crippen molar-refractivity contribution in [1.29, 1.82) is 0 Å². The van der Waals surface area contributed by atoms with Crippen molar-refractivity contribution < 1.29 is 0 Å². The minimum Gasteiger partial charge on any atom is -0.350 e. The van der Waals surface area contributed by atoms with E-state index in [4.69, 9.17) is 0 Å². The zero-order valence-electron chi connectivity index (χ0n) is 10.8. The molecule has 0 unspecified atom stereocenters. The summed E-state index contributed by atoms with van der Waals surface area (Å²) in [5.74, 6) is 1.30. The predicted molar refractivity (Wildman–Crippen MR) is 70.9 cm³/mol. The Kier molecular flexibility index (Phi) is 3.07. The van der Waals surface area contributed by atoms with Crippen LogP contribution in [0, 0.1) is 5.92 Å². The van der Waals surface area contributed by atoms with Crippen molar-refractivity contribution >= 4 is 5.82 Å². The topological polar surface area (TPSA) is 50.2 Å². The third kappa shape index (κ3) is 1.92. The number of rotatable bonds is 2. The van der Waals surface area contributed by atoms with Crippen LogP contribution in [-0.4, -0.2) is 35.2 Å². The summed E-state index contributed by atoms with van der Waals surface area (Å²) in [4.78, 5) is 18.7. The number of fused-ring (bicyclic) bond motifs is 1. The van der Waals surface area contributed by atoms with Gasteiger partial charge in [-0.15, -0.1) is 0 Å². The summed E-state index contributed by atoms with van der Waals surface area (Å²) in [6.45, 7) is 5.68. The van der Waals surface area contributed by atoms with Gasteiger partial charge in [-0.2, -0.15) is 0 Å². The van der Waals surface area contributed by atoms with Crippen LogP contribution >= 0.6 is 0 Å². The fraction of sp³-hybridized carbons (Fsp3) is 0.692. The first-order valence-corrected chi connectivity index (χ1v) is 6.83. The first-order valence-electron chi connectivity index (χ1n) is 6.83. The summed E-state index contributed by atoms with van der Waals surface area (Å²) < 4.78 is 1.72. The zero-order chi connectivity index (χ0) is 12.5. The van der Waals surface area contributed by atoms with E-state index in [1.165, 1.54) is 12.8 Å². The van der Waals surface area contributed by atoms with Gasteiger partial charge >= 0.3 is 0 Å². The molecule has 2 atom stereocenters. The Morgan fingerprint density at radius 1 is 1.50 bits per heavy atom. The maximum atomic E-state index is 12.2. The van der Waals surface area contributed by atoms with Crippen LogP contribution < -0.4 is 15.8 Å². The van der Waals surface area contributed by atoms with E-state index in [0.29, 0.717) is 24.3 Å². The van der Waals surface area contributed by atoms with E-state index in [9.17, 15) is 4.79 Å². The van der Waals surface area contributed by atoms with E-state index in [1.807, 2.05) is 6.92 Å². The Balaban J connectivity index is 1.86. The average Bonchev–Trinajstić information content (AvgIpc) is 2.82. The molecule has 5 nitrogen and oxygen atoms in total. The summed E-state index contributed by atoms with van der Waals surface area (Å²) >= 11 is 0. The first kappa shape index (κ1) is 11.7. The van der Waals surface area contributed by atoms with Crippen molar-refractivity contribution in [3.8, 4) is 0 Å². The second kappa shape index (κ2) is 4.72. The van der Waals surface area contributed by atoms with Crippen LogP contribution in [0.15, 0.2) is 17.2 Å². The Hall–Kier alpha value is -1.36. The SMILES string of the molecule is CCn1ccnc(N2C[C@@H]3CCCN[C@@H]3C2)c1=O. The van der Waals surface area contributed by atoms with Gasteiger partial charge in [-0.3, -0.25) is 4.79 Å². The Morgan fingerprint density at radius 3 is 3.17 bits per heavy atom. The van der Waals surface area contributed by atoms with Gasteiger partial charge in [0, 0.05) is 38.1 Å². The summed E-state index contributed by atoms with van der Waals surface area (Å²) in [5.41, 5.74) is 0.0404. The number of aromatic nitrogens is 2. The molecule has 0 aromatic carbocycles. The second-order valence-electron chi connectivity index (χ2n) is 5.21. The molecular formula is C13H20N4O. The average molecular weight is 248 g/mol. The lowest BCUT2D eigenvalue weighted by Gasteiger charge is -2.24. The van der Waals surface area contributed by atoms with E-state index in [0.717, 1.165) is 19.6 Å². The summed E-state index contributed by atoms with van der Waals surface area (Å²) in [7, 11) is 0. The van der Waals surface area contributed by atoms with Crippen LogP contribution in [0.25, 0.3) is 0 Å². The molecule has 3 heterocycles. The number of nitrogens with zero attached hydrogens (tertiary/aromatic N) is 3. The fourth-order valence-electron chi connectivity index (χ4n) is 3.12. The molecule has 2 fully saturated rings. The molecule has 2 saturated heterocycles. The summed E-state index contributed by atoms with van der Waals surface area (Å²) in [6.07, 6.45) is 6.00. The predicted octanol–water partition coefficient (Wildman–Crippen LogP) is 0.451. The third-order valence-electron chi connectivity index (χ3n) is 4.14. The quantitative estimate of drug-likeness (QED) is 0.825. The maximum absolute atomic E-state index is 12.2. The zero-order valence-corrected chi connectivity index (χ0v) is 10.8. The van der Waals surface area contributed by atoms with Crippen LogP contribution in [0.4, 0.5) is 5.82 Å². The highest BCUT2D eigenvalue weighted by molar-refractivity contribution is 5.38. The Labute approximate surface area is 107 Å². The lowest BCUT2D eigenvalue weighted by atomic mass is 9.94. The van der Waals surface area contributed by atoms with E-state index < -0.39 is 0 Å². The minimum atomic E-state index is 0.0404. The van der Waals surface area contributed by atoms with Gasteiger partial charge < -0.3 is 14.8 Å². The molecule has 2 aliphatic rings. The highest BCUT2D eigenvalue weighted by atomic mass is 16.1.